The second-order valence-corrected chi connectivity index (χ2v) is 8.14. The van der Waals surface area contributed by atoms with E-state index in [2.05, 4.69) is 70.1 Å². The average molecular weight is 337 g/mol. The smallest absolute Gasteiger partial charge is 0.0253 e. The zero-order valence-corrected chi connectivity index (χ0v) is 16.3. The maximum Gasteiger partial charge on any atom is 0.0253 e. The first-order valence-electron chi connectivity index (χ1n) is 9.59. The van der Waals surface area contributed by atoms with Crippen molar-refractivity contribution in [2.45, 2.75) is 52.0 Å². The fourth-order valence-corrected chi connectivity index (χ4v) is 5.09. The minimum atomic E-state index is 0.505. The van der Waals surface area contributed by atoms with Gasteiger partial charge in [-0.25, -0.2) is 0 Å². The molecule has 0 radical (unpaired) electrons. The summed E-state index contributed by atoms with van der Waals surface area (Å²) < 4.78 is 0. The van der Waals surface area contributed by atoms with Crippen molar-refractivity contribution in [3.63, 3.8) is 0 Å². The lowest BCUT2D eigenvalue weighted by Crippen LogP contribution is -2.37. The Kier molecular flexibility index (Phi) is 5.29. The van der Waals surface area contributed by atoms with E-state index in [0.29, 0.717) is 23.8 Å². The Morgan fingerprint density at radius 3 is 2.40 bits per heavy atom. The Morgan fingerprint density at radius 1 is 1.08 bits per heavy atom. The van der Waals surface area contributed by atoms with Crippen LogP contribution in [0.1, 0.15) is 57.1 Å². The number of hydrogen-bond donors (Lipinski definition) is 1. The Hall–Kier alpha value is -1.67. The molecule has 4 unspecified atom stereocenters. The molecule has 0 amide bonds. The van der Waals surface area contributed by atoms with E-state index in [1.54, 1.807) is 5.57 Å². The van der Waals surface area contributed by atoms with Crippen molar-refractivity contribution in [3.05, 3.63) is 58.2 Å². The van der Waals surface area contributed by atoms with Crippen LogP contribution in [-0.2, 0) is 0 Å². The lowest BCUT2D eigenvalue weighted by molar-refractivity contribution is 0.181. The van der Waals surface area contributed by atoms with Gasteiger partial charge in [0.2, 0.25) is 0 Å². The maximum atomic E-state index is 7.87. The highest BCUT2D eigenvalue weighted by Crippen LogP contribution is 2.49. The van der Waals surface area contributed by atoms with Crippen molar-refractivity contribution in [1.82, 2.24) is 4.90 Å². The summed E-state index contributed by atoms with van der Waals surface area (Å²) in [5.41, 5.74) is 7.07. The molecule has 1 fully saturated rings. The van der Waals surface area contributed by atoms with Crippen molar-refractivity contribution in [1.29, 1.82) is 5.41 Å². The fourth-order valence-electron chi connectivity index (χ4n) is 5.09. The largest absolute Gasteiger partial charge is 0.308 e. The molecule has 134 valence electrons. The summed E-state index contributed by atoms with van der Waals surface area (Å²) in [5, 5.41) is 7.87. The van der Waals surface area contributed by atoms with Gasteiger partial charge < -0.3 is 10.3 Å². The molecule has 0 saturated heterocycles. The number of hydrogen-bond acceptors (Lipinski definition) is 2. The van der Waals surface area contributed by atoms with Crippen molar-refractivity contribution in [2.75, 3.05) is 14.1 Å². The van der Waals surface area contributed by atoms with E-state index in [1.165, 1.54) is 42.2 Å². The molecule has 2 aliphatic carbocycles. The van der Waals surface area contributed by atoms with Crippen LogP contribution in [-0.4, -0.2) is 31.3 Å². The molecule has 1 N–H and O–H groups in total. The van der Waals surface area contributed by atoms with Gasteiger partial charge in [-0.15, -0.1) is 0 Å². The fraction of sp³-hybridized carbons (Fsp3) is 0.522. The summed E-state index contributed by atoms with van der Waals surface area (Å²) in [5.74, 6) is 1.65. The van der Waals surface area contributed by atoms with Gasteiger partial charge >= 0.3 is 0 Å². The second-order valence-electron chi connectivity index (χ2n) is 8.14. The van der Waals surface area contributed by atoms with Crippen LogP contribution in [0.15, 0.2) is 47.1 Å². The van der Waals surface area contributed by atoms with Crippen molar-refractivity contribution in [2.24, 2.45) is 11.8 Å². The van der Waals surface area contributed by atoms with Crippen LogP contribution < -0.4 is 0 Å². The van der Waals surface area contributed by atoms with Crippen LogP contribution in [0.25, 0.3) is 0 Å². The molecular weight excluding hydrogens is 304 g/mol. The van der Waals surface area contributed by atoms with Gasteiger partial charge in [0.15, 0.2) is 0 Å². The lowest BCUT2D eigenvalue weighted by atomic mass is 9.67. The van der Waals surface area contributed by atoms with Gasteiger partial charge in [-0.1, -0.05) is 48.4 Å². The monoisotopic (exact) mass is 336 g/mol. The third kappa shape index (κ3) is 3.37. The zero-order valence-electron chi connectivity index (χ0n) is 16.3. The number of rotatable bonds is 4. The molecule has 4 atom stereocenters. The SMILES string of the molecule is CC1=CC(C)C(C2CCC(N(C)C)CC2c2ccccc2C=N)=C1C. The second kappa shape index (κ2) is 7.29. The Balaban J connectivity index is 2.03. The molecule has 0 aliphatic heterocycles. The first-order valence-corrected chi connectivity index (χ1v) is 9.59. The van der Waals surface area contributed by atoms with Crippen LogP contribution >= 0.6 is 0 Å². The summed E-state index contributed by atoms with van der Waals surface area (Å²) in [6.07, 6.45) is 7.67. The van der Waals surface area contributed by atoms with E-state index in [4.69, 9.17) is 5.41 Å². The van der Waals surface area contributed by atoms with E-state index in [0.717, 1.165) is 5.56 Å². The quantitative estimate of drug-likeness (QED) is 0.731. The molecular formula is C23H32N2. The lowest BCUT2D eigenvalue weighted by Gasteiger charge is -2.41. The normalized spacial score (nSPS) is 29.9. The number of allylic oxidation sites excluding steroid dienone is 4. The molecule has 1 aromatic rings. The Labute approximate surface area is 153 Å². The van der Waals surface area contributed by atoms with Crippen LogP contribution in [0.5, 0.6) is 0 Å². The molecule has 1 saturated carbocycles. The highest BCUT2D eigenvalue weighted by molar-refractivity contribution is 5.79. The van der Waals surface area contributed by atoms with Crippen LogP contribution in [0.4, 0.5) is 0 Å². The molecule has 2 nitrogen and oxygen atoms in total. The minimum absolute atomic E-state index is 0.505. The van der Waals surface area contributed by atoms with Crippen LogP contribution in [0, 0.1) is 17.2 Å². The van der Waals surface area contributed by atoms with Crippen molar-refractivity contribution >= 4 is 6.21 Å². The number of nitrogens with zero attached hydrogens (tertiary/aromatic N) is 1. The molecule has 0 aromatic heterocycles. The average Bonchev–Trinajstić information content (AvgIpc) is 2.86. The van der Waals surface area contributed by atoms with Crippen molar-refractivity contribution in [3.8, 4) is 0 Å². The predicted octanol–water partition coefficient (Wildman–Crippen LogP) is 5.41. The van der Waals surface area contributed by atoms with Crippen LogP contribution in [0.3, 0.4) is 0 Å². The van der Waals surface area contributed by atoms with Crippen molar-refractivity contribution < 1.29 is 0 Å². The standard InChI is InChI=1S/C23H32N2/c1-15-12-16(2)23(17(15)3)21-11-10-19(25(4)5)13-22(21)20-9-7-6-8-18(20)14-24/h6-9,12,14,16,19,21-22,24H,10-11,13H2,1-5H3. The summed E-state index contributed by atoms with van der Waals surface area (Å²) >= 11 is 0. The first-order chi connectivity index (χ1) is 11.9. The van der Waals surface area contributed by atoms with Gasteiger partial charge in [0.05, 0.1) is 0 Å². The van der Waals surface area contributed by atoms with Gasteiger partial charge in [0.1, 0.15) is 0 Å². The summed E-state index contributed by atoms with van der Waals surface area (Å²) in [4.78, 5) is 2.39. The minimum Gasteiger partial charge on any atom is -0.308 e. The third-order valence-corrected chi connectivity index (χ3v) is 6.52. The molecule has 0 spiro atoms. The molecule has 1 aromatic carbocycles. The topological polar surface area (TPSA) is 27.1 Å². The molecule has 2 heteroatoms. The van der Waals surface area contributed by atoms with E-state index in [1.807, 2.05) is 0 Å². The van der Waals surface area contributed by atoms with Gasteiger partial charge in [0, 0.05) is 12.3 Å². The van der Waals surface area contributed by atoms with Crippen LogP contribution in [0.2, 0.25) is 0 Å². The van der Waals surface area contributed by atoms with E-state index in [-0.39, 0.29) is 0 Å². The first kappa shape index (κ1) is 18.1. The molecule has 2 aliphatic rings. The summed E-state index contributed by atoms with van der Waals surface area (Å²) in [7, 11) is 4.41. The highest BCUT2D eigenvalue weighted by Gasteiger charge is 2.38. The van der Waals surface area contributed by atoms with Gasteiger partial charge in [0.25, 0.3) is 0 Å². The number of benzene rings is 1. The third-order valence-electron chi connectivity index (χ3n) is 6.52. The summed E-state index contributed by atoms with van der Waals surface area (Å²) in [6.45, 7) is 6.92. The zero-order chi connectivity index (χ0) is 18.1. The van der Waals surface area contributed by atoms with E-state index >= 15 is 0 Å². The molecule has 0 bridgehead atoms. The highest BCUT2D eigenvalue weighted by atomic mass is 15.1. The summed E-state index contributed by atoms with van der Waals surface area (Å²) in [6, 6.07) is 9.18. The number of nitrogens with one attached hydrogen (secondary N) is 1. The van der Waals surface area contributed by atoms with Gasteiger partial charge in [-0.3, -0.25) is 0 Å². The molecule has 3 rings (SSSR count). The maximum absolute atomic E-state index is 7.87. The van der Waals surface area contributed by atoms with Gasteiger partial charge in [-0.05, 0) is 81.7 Å². The van der Waals surface area contributed by atoms with Gasteiger partial charge in [-0.2, -0.15) is 0 Å². The molecule has 25 heavy (non-hydrogen) atoms. The predicted molar refractivity (Wildman–Crippen MR) is 108 cm³/mol. The Morgan fingerprint density at radius 2 is 1.80 bits per heavy atom. The van der Waals surface area contributed by atoms with E-state index in [9.17, 15) is 0 Å². The van der Waals surface area contributed by atoms with E-state index < -0.39 is 0 Å². The molecule has 0 heterocycles. The Bertz CT molecular complexity index is 711.